The number of nitrogens with one attached hydrogen (secondary N) is 3. The molecule has 0 unspecified atom stereocenters. The second kappa shape index (κ2) is 10.0. The van der Waals surface area contributed by atoms with Crippen LogP contribution in [0, 0.1) is 0 Å². The van der Waals surface area contributed by atoms with Crippen molar-refractivity contribution in [3.05, 3.63) is 71.3 Å². The molecule has 0 aliphatic heterocycles. The Morgan fingerprint density at radius 1 is 0.963 bits per heavy atom. The van der Waals surface area contributed by atoms with Gasteiger partial charge in [-0.05, 0) is 42.4 Å². The zero-order valence-electron chi connectivity index (χ0n) is 14.7. The molecule has 7 nitrogen and oxygen atoms in total. The van der Waals surface area contributed by atoms with E-state index >= 15 is 0 Å². The largest absolute Gasteiger partial charge is 0.465 e. The Bertz CT molecular complexity index is 840. The third-order valence-electron chi connectivity index (χ3n) is 3.57. The molecule has 0 saturated carbocycles. The van der Waals surface area contributed by atoms with Crippen molar-refractivity contribution in [2.45, 2.75) is 12.8 Å². The summed E-state index contributed by atoms with van der Waals surface area (Å²) < 4.78 is 4.62. The van der Waals surface area contributed by atoms with Crippen molar-refractivity contribution in [3.8, 4) is 0 Å². The number of amides is 2. The first-order valence-corrected chi connectivity index (χ1v) is 8.53. The summed E-state index contributed by atoms with van der Waals surface area (Å²) in [6.07, 6.45) is 0.864. The van der Waals surface area contributed by atoms with Gasteiger partial charge in [-0.15, -0.1) is 0 Å². The van der Waals surface area contributed by atoms with Crippen LogP contribution in [0.2, 0.25) is 0 Å². The number of hydrazine groups is 1. The molecular formula is C19H19N3O4S. The fourth-order valence-electron chi connectivity index (χ4n) is 2.20. The molecule has 27 heavy (non-hydrogen) atoms. The Labute approximate surface area is 162 Å². The quantitative estimate of drug-likeness (QED) is 0.412. The number of ether oxygens (including phenoxy) is 1. The van der Waals surface area contributed by atoms with Gasteiger partial charge in [0.05, 0.1) is 12.7 Å². The molecule has 0 saturated heterocycles. The summed E-state index contributed by atoms with van der Waals surface area (Å²) in [5, 5.41) is 2.37. The van der Waals surface area contributed by atoms with Crippen molar-refractivity contribution in [2.75, 3.05) is 7.11 Å². The zero-order chi connectivity index (χ0) is 19.6. The lowest BCUT2D eigenvalue weighted by Crippen LogP contribution is -2.48. The van der Waals surface area contributed by atoms with Gasteiger partial charge in [-0.1, -0.05) is 36.4 Å². The summed E-state index contributed by atoms with van der Waals surface area (Å²) in [4.78, 5) is 35.5. The van der Waals surface area contributed by atoms with E-state index in [9.17, 15) is 14.4 Å². The molecule has 0 heterocycles. The summed E-state index contributed by atoms with van der Waals surface area (Å²) in [6.45, 7) is 0. The van der Waals surface area contributed by atoms with Crippen LogP contribution in [0.1, 0.15) is 32.7 Å². The summed E-state index contributed by atoms with van der Waals surface area (Å²) in [6, 6.07) is 15.6. The number of thiocarbonyl (C=S) groups is 1. The highest BCUT2D eigenvalue weighted by Gasteiger charge is 2.12. The molecule has 2 aromatic rings. The maximum absolute atomic E-state index is 12.2. The van der Waals surface area contributed by atoms with E-state index in [1.54, 1.807) is 6.07 Å². The molecule has 0 atom stereocenters. The first-order valence-electron chi connectivity index (χ1n) is 8.12. The standard InChI is InChI=1S/C19H19N3O4S/c1-26-18(25)15-9-5-8-14(12-15)17(24)20-19(27)22-21-16(23)11-10-13-6-3-2-4-7-13/h2-9,12H,10-11H2,1H3,(H,21,23)(H2,20,22,24,27). The van der Waals surface area contributed by atoms with E-state index < -0.39 is 11.9 Å². The third-order valence-corrected chi connectivity index (χ3v) is 3.78. The molecule has 8 heteroatoms. The molecule has 0 bridgehead atoms. The lowest BCUT2D eigenvalue weighted by molar-refractivity contribution is -0.121. The minimum atomic E-state index is -0.545. The molecule has 0 radical (unpaired) electrons. The Kier molecular flexibility index (Phi) is 7.45. The van der Waals surface area contributed by atoms with Gasteiger partial charge in [-0.2, -0.15) is 0 Å². The van der Waals surface area contributed by atoms with Crippen molar-refractivity contribution in [2.24, 2.45) is 0 Å². The van der Waals surface area contributed by atoms with Crippen LogP contribution in [-0.2, 0) is 16.0 Å². The third kappa shape index (κ3) is 6.52. The predicted molar refractivity (Wildman–Crippen MR) is 104 cm³/mol. The maximum atomic E-state index is 12.2. The van der Waals surface area contributed by atoms with E-state index in [4.69, 9.17) is 12.2 Å². The summed E-state index contributed by atoms with van der Waals surface area (Å²) >= 11 is 4.98. The van der Waals surface area contributed by atoms with E-state index in [2.05, 4.69) is 20.9 Å². The van der Waals surface area contributed by atoms with Crippen molar-refractivity contribution in [1.82, 2.24) is 16.2 Å². The van der Waals surface area contributed by atoms with Gasteiger partial charge in [0.2, 0.25) is 5.91 Å². The van der Waals surface area contributed by atoms with Gasteiger partial charge in [0.25, 0.3) is 5.91 Å². The Hall–Kier alpha value is -3.26. The van der Waals surface area contributed by atoms with Crippen LogP contribution in [0.5, 0.6) is 0 Å². The molecule has 2 aromatic carbocycles. The van der Waals surface area contributed by atoms with Gasteiger partial charge in [-0.25, -0.2) is 4.79 Å². The van der Waals surface area contributed by atoms with Crippen LogP contribution in [0.25, 0.3) is 0 Å². The number of carbonyl (C=O) groups is 3. The van der Waals surface area contributed by atoms with E-state index in [1.807, 2.05) is 30.3 Å². The van der Waals surface area contributed by atoms with E-state index in [-0.39, 0.29) is 28.6 Å². The molecule has 0 aliphatic rings. The van der Waals surface area contributed by atoms with Gasteiger partial charge < -0.3 is 4.74 Å². The molecule has 2 rings (SSSR count). The van der Waals surface area contributed by atoms with Gasteiger partial charge in [0, 0.05) is 12.0 Å². The van der Waals surface area contributed by atoms with Crippen LogP contribution >= 0.6 is 12.2 Å². The monoisotopic (exact) mass is 385 g/mol. The Morgan fingerprint density at radius 2 is 1.67 bits per heavy atom. The van der Waals surface area contributed by atoms with E-state index in [0.29, 0.717) is 6.42 Å². The second-order valence-electron chi connectivity index (χ2n) is 5.51. The smallest absolute Gasteiger partial charge is 0.337 e. The van der Waals surface area contributed by atoms with Gasteiger partial charge >= 0.3 is 5.97 Å². The minimum absolute atomic E-state index is 0.0588. The number of benzene rings is 2. The number of esters is 1. The van der Waals surface area contributed by atoms with Crippen molar-refractivity contribution in [3.63, 3.8) is 0 Å². The first-order chi connectivity index (χ1) is 13.0. The molecular weight excluding hydrogens is 366 g/mol. The first kappa shape index (κ1) is 20.1. The Morgan fingerprint density at radius 3 is 2.37 bits per heavy atom. The van der Waals surface area contributed by atoms with Gasteiger partial charge in [-0.3, -0.25) is 25.8 Å². The number of rotatable bonds is 5. The molecule has 0 fully saturated rings. The molecule has 2 amide bonds. The number of hydrogen-bond donors (Lipinski definition) is 3. The number of aryl methyl sites for hydroxylation is 1. The molecule has 0 aliphatic carbocycles. The molecule has 0 aromatic heterocycles. The van der Waals surface area contributed by atoms with Crippen LogP contribution in [0.4, 0.5) is 0 Å². The van der Waals surface area contributed by atoms with Crippen LogP contribution in [0.15, 0.2) is 54.6 Å². The predicted octanol–water partition coefficient (Wildman–Crippen LogP) is 1.74. The van der Waals surface area contributed by atoms with Gasteiger partial charge in [0.15, 0.2) is 5.11 Å². The summed E-state index contributed by atoms with van der Waals surface area (Å²) in [7, 11) is 1.26. The van der Waals surface area contributed by atoms with Crippen molar-refractivity contribution < 1.29 is 19.1 Å². The lowest BCUT2D eigenvalue weighted by atomic mass is 10.1. The Balaban J connectivity index is 1.78. The lowest BCUT2D eigenvalue weighted by Gasteiger charge is -2.11. The van der Waals surface area contributed by atoms with Crippen molar-refractivity contribution >= 4 is 35.1 Å². The number of hydrogen-bond acceptors (Lipinski definition) is 5. The normalized spacial score (nSPS) is 9.81. The topological polar surface area (TPSA) is 96.5 Å². The minimum Gasteiger partial charge on any atom is -0.465 e. The number of methoxy groups -OCH3 is 1. The molecule has 140 valence electrons. The van der Waals surface area contributed by atoms with E-state index in [1.165, 1.54) is 25.3 Å². The maximum Gasteiger partial charge on any atom is 0.337 e. The fourth-order valence-corrected chi connectivity index (χ4v) is 2.35. The van der Waals surface area contributed by atoms with Crippen LogP contribution < -0.4 is 16.2 Å². The van der Waals surface area contributed by atoms with Gasteiger partial charge in [0.1, 0.15) is 0 Å². The molecule has 3 N–H and O–H groups in total. The average molecular weight is 385 g/mol. The fraction of sp³-hybridized carbons (Fsp3) is 0.158. The number of carbonyl (C=O) groups excluding carboxylic acids is 3. The van der Waals surface area contributed by atoms with E-state index in [0.717, 1.165) is 5.56 Å². The SMILES string of the molecule is COC(=O)c1cccc(C(=O)NC(=S)NNC(=O)CCc2ccccc2)c1. The van der Waals surface area contributed by atoms with Crippen molar-refractivity contribution in [1.29, 1.82) is 0 Å². The average Bonchev–Trinajstić information content (AvgIpc) is 2.71. The zero-order valence-corrected chi connectivity index (χ0v) is 15.5. The highest BCUT2D eigenvalue weighted by atomic mass is 32.1. The summed E-state index contributed by atoms with van der Waals surface area (Å²) in [5.74, 6) is -1.32. The molecule has 0 spiro atoms. The highest BCUT2D eigenvalue weighted by Crippen LogP contribution is 2.06. The van der Waals surface area contributed by atoms with Crippen LogP contribution in [-0.4, -0.2) is 30.0 Å². The van der Waals surface area contributed by atoms with Crippen LogP contribution in [0.3, 0.4) is 0 Å². The summed E-state index contributed by atoms with van der Waals surface area (Å²) in [5.41, 5.74) is 6.44. The second-order valence-corrected chi connectivity index (χ2v) is 5.92. The highest BCUT2D eigenvalue weighted by molar-refractivity contribution is 7.80.